The maximum absolute atomic E-state index is 13.9. The SMILES string of the molecule is Cn1nc(C(F)(F)C(F)(F)F)c(OC(F)F)c1-n1cc(B2OC(C)(C)C(C)(C)O2)cn1. The van der Waals surface area contributed by atoms with E-state index in [0.717, 1.165) is 11.7 Å². The van der Waals surface area contributed by atoms with Crippen LogP contribution < -0.4 is 10.2 Å². The van der Waals surface area contributed by atoms with Gasteiger partial charge in [0.15, 0.2) is 17.3 Å². The van der Waals surface area contributed by atoms with Crippen LogP contribution in [0.15, 0.2) is 12.4 Å². The van der Waals surface area contributed by atoms with Crippen LogP contribution in [0.4, 0.5) is 30.7 Å². The predicted octanol–water partition coefficient (Wildman–Crippen LogP) is 3.16. The van der Waals surface area contributed by atoms with Crippen molar-refractivity contribution in [3.8, 4) is 11.6 Å². The summed E-state index contributed by atoms with van der Waals surface area (Å²) in [6.45, 7) is 3.41. The molecule has 0 bridgehead atoms. The van der Waals surface area contributed by atoms with Gasteiger partial charge in [0.1, 0.15) is 0 Å². The molecule has 0 saturated carbocycles. The minimum atomic E-state index is -6.09. The average molecular weight is 458 g/mol. The third-order valence-corrected chi connectivity index (χ3v) is 5.18. The second-order valence-electron chi connectivity index (χ2n) is 7.88. The molecular weight excluding hydrogens is 440 g/mol. The van der Waals surface area contributed by atoms with Gasteiger partial charge >= 0.3 is 25.8 Å². The summed E-state index contributed by atoms with van der Waals surface area (Å²) in [6.07, 6.45) is -3.72. The zero-order valence-electron chi connectivity index (χ0n) is 17.0. The Morgan fingerprint density at radius 2 is 1.61 bits per heavy atom. The molecule has 31 heavy (non-hydrogen) atoms. The summed E-state index contributed by atoms with van der Waals surface area (Å²) in [5, 5.41) is 6.95. The number of hydrogen-bond donors (Lipinski definition) is 0. The molecule has 7 nitrogen and oxygen atoms in total. The van der Waals surface area contributed by atoms with Gasteiger partial charge in [-0.3, -0.25) is 0 Å². The number of rotatable bonds is 5. The lowest BCUT2D eigenvalue weighted by Crippen LogP contribution is -2.41. The lowest BCUT2D eigenvalue weighted by molar-refractivity contribution is -0.291. The van der Waals surface area contributed by atoms with Crippen molar-refractivity contribution >= 4 is 12.6 Å². The van der Waals surface area contributed by atoms with Gasteiger partial charge in [0.05, 0.1) is 11.2 Å². The number of nitrogens with zero attached hydrogens (tertiary/aromatic N) is 4. The molecule has 0 spiro atoms. The first-order valence-electron chi connectivity index (χ1n) is 8.85. The molecule has 1 aliphatic rings. The van der Waals surface area contributed by atoms with Gasteiger partial charge in [-0.05, 0) is 27.7 Å². The van der Waals surface area contributed by atoms with Crippen molar-refractivity contribution < 1.29 is 44.8 Å². The fourth-order valence-corrected chi connectivity index (χ4v) is 2.84. The third kappa shape index (κ3) is 3.88. The van der Waals surface area contributed by atoms with Gasteiger partial charge in [-0.2, -0.15) is 40.9 Å². The molecule has 2 aromatic heterocycles. The molecule has 0 radical (unpaired) electrons. The molecule has 15 heteroatoms. The molecule has 1 fully saturated rings. The van der Waals surface area contributed by atoms with Crippen molar-refractivity contribution in [3.05, 3.63) is 18.1 Å². The van der Waals surface area contributed by atoms with Crippen LogP contribution in [-0.4, -0.2) is 50.7 Å². The smallest absolute Gasteiger partial charge is 0.428 e. The second kappa shape index (κ2) is 7.12. The van der Waals surface area contributed by atoms with Crippen molar-refractivity contribution in [2.75, 3.05) is 0 Å². The summed E-state index contributed by atoms with van der Waals surface area (Å²) in [7, 11) is 0.0438. The quantitative estimate of drug-likeness (QED) is 0.509. The first-order valence-corrected chi connectivity index (χ1v) is 8.85. The number of ether oxygens (including phenoxy) is 1. The molecule has 3 rings (SSSR count). The summed E-state index contributed by atoms with van der Waals surface area (Å²) >= 11 is 0. The topological polar surface area (TPSA) is 63.3 Å². The fraction of sp³-hybridized carbons (Fsp3) is 0.625. The summed E-state index contributed by atoms with van der Waals surface area (Å²) in [5.74, 6) is -7.67. The lowest BCUT2D eigenvalue weighted by atomic mass is 9.82. The Hall–Kier alpha value is -2.29. The summed E-state index contributed by atoms with van der Waals surface area (Å²) in [5.41, 5.74) is -3.19. The first kappa shape index (κ1) is 23.4. The van der Waals surface area contributed by atoms with E-state index >= 15 is 0 Å². The van der Waals surface area contributed by atoms with E-state index < -0.39 is 54.3 Å². The molecule has 0 amide bonds. The Morgan fingerprint density at radius 1 is 1.06 bits per heavy atom. The maximum Gasteiger partial charge on any atom is 0.498 e. The van der Waals surface area contributed by atoms with Crippen molar-refractivity contribution in [1.82, 2.24) is 19.6 Å². The third-order valence-electron chi connectivity index (χ3n) is 5.18. The lowest BCUT2D eigenvalue weighted by Gasteiger charge is -2.32. The van der Waals surface area contributed by atoms with E-state index in [2.05, 4.69) is 14.9 Å². The van der Waals surface area contributed by atoms with Gasteiger partial charge < -0.3 is 14.0 Å². The predicted molar refractivity (Wildman–Crippen MR) is 92.6 cm³/mol. The molecule has 3 heterocycles. The standard InChI is InChI=1S/C16H18BF7N4O3/c1-13(2)14(3,4)31-17(30-13)8-6-25-28(7-8)11-9(29-12(18)19)10(26-27(11)5)15(20,21)16(22,23)24/h6-7,12H,1-5H3. The molecular formula is C16H18BF7N4O3. The molecule has 0 unspecified atom stereocenters. The van der Waals surface area contributed by atoms with Crippen LogP contribution in [-0.2, 0) is 22.3 Å². The van der Waals surface area contributed by atoms with Crippen molar-refractivity contribution in [2.45, 2.75) is 57.6 Å². The van der Waals surface area contributed by atoms with Gasteiger partial charge in [0, 0.05) is 24.9 Å². The minimum Gasteiger partial charge on any atom is -0.428 e. The van der Waals surface area contributed by atoms with Gasteiger partial charge in [-0.1, -0.05) is 0 Å². The zero-order chi connectivity index (χ0) is 23.6. The van der Waals surface area contributed by atoms with E-state index in [-0.39, 0.29) is 5.46 Å². The normalized spacial score (nSPS) is 18.8. The highest BCUT2D eigenvalue weighted by atomic mass is 19.4. The molecule has 0 aliphatic carbocycles. The molecule has 1 saturated heterocycles. The number of aryl methyl sites for hydroxylation is 1. The highest BCUT2D eigenvalue weighted by Crippen LogP contribution is 2.48. The van der Waals surface area contributed by atoms with Crippen molar-refractivity contribution in [3.63, 3.8) is 0 Å². The van der Waals surface area contributed by atoms with Gasteiger partial charge in [-0.25, -0.2) is 9.36 Å². The fourth-order valence-electron chi connectivity index (χ4n) is 2.84. The molecule has 172 valence electrons. The Bertz CT molecular complexity index is 955. The van der Waals surface area contributed by atoms with E-state index in [0.29, 0.717) is 4.68 Å². The van der Waals surface area contributed by atoms with Crippen molar-refractivity contribution in [2.24, 2.45) is 7.05 Å². The number of aromatic nitrogens is 4. The van der Waals surface area contributed by atoms with E-state index in [1.54, 1.807) is 27.7 Å². The highest BCUT2D eigenvalue weighted by molar-refractivity contribution is 6.62. The number of halogens is 7. The van der Waals surface area contributed by atoms with E-state index in [1.165, 1.54) is 12.4 Å². The Kier molecular flexibility index (Phi) is 5.37. The van der Waals surface area contributed by atoms with Crippen LogP contribution >= 0.6 is 0 Å². The largest absolute Gasteiger partial charge is 0.498 e. The molecule has 1 aliphatic heterocycles. The van der Waals surface area contributed by atoms with Gasteiger partial charge in [-0.15, -0.1) is 0 Å². The molecule has 2 aromatic rings. The molecule has 0 aromatic carbocycles. The molecule has 0 atom stereocenters. The monoisotopic (exact) mass is 458 g/mol. The van der Waals surface area contributed by atoms with Gasteiger partial charge in [0.25, 0.3) is 0 Å². The van der Waals surface area contributed by atoms with Crippen LogP contribution in [0.3, 0.4) is 0 Å². The average Bonchev–Trinajstić information content (AvgIpc) is 3.22. The van der Waals surface area contributed by atoms with Gasteiger partial charge in [0.2, 0.25) is 0 Å². The Balaban J connectivity index is 2.07. The van der Waals surface area contributed by atoms with Crippen LogP contribution in [0.25, 0.3) is 5.82 Å². The van der Waals surface area contributed by atoms with E-state index in [4.69, 9.17) is 9.31 Å². The Labute approximate surface area is 172 Å². The number of hydrogen-bond acceptors (Lipinski definition) is 5. The highest BCUT2D eigenvalue weighted by Gasteiger charge is 2.63. The van der Waals surface area contributed by atoms with E-state index in [9.17, 15) is 30.7 Å². The Morgan fingerprint density at radius 3 is 2.10 bits per heavy atom. The summed E-state index contributed by atoms with van der Waals surface area (Å²) in [6, 6.07) is 0. The van der Waals surface area contributed by atoms with Crippen LogP contribution in [0.1, 0.15) is 33.4 Å². The van der Waals surface area contributed by atoms with Crippen LogP contribution in [0.5, 0.6) is 5.75 Å². The first-order chi connectivity index (χ1) is 14.0. The summed E-state index contributed by atoms with van der Waals surface area (Å²) < 4.78 is 109. The molecule has 0 N–H and O–H groups in total. The van der Waals surface area contributed by atoms with Crippen molar-refractivity contribution in [1.29, 1.82) is 0 Å². The van der Waals surface area contributed by atoms with Crippen LogP contribution in [0.2, 0.25) is 0 Å². The maximum atomic E-state index is 13.9. The van der Waals surface area contributed by atoms with Crippen LogP contribution in [0, 0.1) is 0 Å². The number of alkyl halides is 7. The minimum absolute atomic E-state index is 0.270. The van der Waals surface area contributed by atoms with E-state index in [1.807, 2.05) is 0 Å². The second-order valence-corrected chi connectivity index (χ2v) is 7.88. The zero-order valence-corrected chi connectivity index (χ0v) is 17.0. The summed E-state index contributed by atoms with van der Waals surface area (Å²) in [4.78, 5) is 0.